The van der Waals surface area contributed by atoms with Crippen LogP contribution in [-0.2, 0) is 9.59 Å². The van der Waals surface area contributed by atoms with Gasteiger partial charge in [-0.3, -0.25) is 9.59 Å². The van der Waals surface area contributed by atoms with E-state index < -0.39 is 0 Å². The maximum absolute atomic E-state index is 12.5. The summed E-state index contributed by atoms with van der Waals surface area (Å²) in [7, 11) is 1.71. The molecule has 1 saturated carbocycles. The zero-order valence-electron chi connectivity index (χ0n) is 13.1. The Hall–Kier alpha value is -1.10. The second-order valence-electron chi connectivity index (χ2n) is 5.67. The second kappa shape index (κ2) is 8.25. The maximum atomic E-state index is 12.5. The highest BCUT2D eigenvalue weighted by molar-refractivity contribution is 5.86. The third kappa shape index (κ3) is 4.47. The van der Waals surface area contributed by atoms with Gasteiger partial charge in [-0.05, 0) is 26.7 Å². The van der Waals surface area contributed by atoms with E-state index in [0.29, 0.717) is 13.1 Å². The average Bonchev–Trinajstić information content (AvgIpc) is 2.63. The lowest BCUT2D eigenvalue weighted by atomic mass is 9.94. The van der Waals surface area contributed by atoms with Crippen molar-refractivity contribution in [1.82, 2.24) is 9.80 Å². The molecule has 0 heterocycles. The Bertz CT molecular complexity index is 329. The van der Waals surface area contributed by atoms with Gasteiger partial charge in [0.25, 0.3) is 0 Å². The number of carbonyl (C=O) groups is 2. The summed E-state index contributed by atoms with van der Waals surface area (Å²) in [5.41, 5.74) is 6.12. The van der Waals surface area contributed by atoms with Crippen LogP contribution in [0.1, 0.15) is 46.0 Å². The molecule has 116 valence electrons. The van der Waals surface area contributed by atoms with Gasteiger partial charge < -0.3 is 15.5 Å². The normalized spacial score (nSPS) is 23.0. The Kier molecular flexibility index (Phi) is 6.99. The molecule has 1 rings (SSSR count). The van der Waals surface area contributed by atoms with Crippen molar-refractivity contribution in [2.75, 3.05) is 26.7 Å². The summed E-state index contributed by atoms with van der Waals surface area (Å²) in [4.78, 5) is 27.8. The van der Waals surface area contributed by atoms with Crippen LogP contribution in [0.2, 0.25) is 0 Å². The van der Waals surface area contributed by atoms with E-state index in [-0.39, 0.29) is 30.3 Å². The first kappa shape index (κ1) is 17.0. The number of hydrogen-bond acceptors (Lipinski definition) is 3. The molecule has 0 aromatic rings. The van der Waals surface area contributed by atoms with Gasteiger partial charge in [0.1, 0.15) is 0 Å². The Morgan fingerprint density at radius 1 is 1.10 bits per heavy atom. The lowest BCUT2D eigenvalue weighted by Gasteiger charge is -2.28. The molecular formula is C15H29N3O2. The molecule has 0 saturated heterocycles. The minimum absolute atomic E-state index is 0.00745. The van der Waals surface area contributed by atoms with Crippen molar-refractivity contribution >= 4 is 11.8 Å². The van der Waals surface area contributed by atoms with Gasteiger partial charge in [-0.1, -0.05) is 19.3 Å². The van der Waals surface area contributed by atoms with Crippen LogP contribution in [0.5, 0.6) is 0 Å². The molecule has 0 bridgehead atoms. The van der Waals surface area contributed by atoms with Gasteiger partial charge in [0, 0.05) is 26.2 Å². The molecule has 2 atom stereocenters. The van der Waals surface area contributed by atoms with E-state index in [1.54, 1.807) is 16.8 Å². The van der Waals surface area contributed by atoms with Gasteiger partial charge in [0.15, 0.2) is 0 Å². The third-order valence-corrected chi connectivity index (χ3v) is 4.25. The molecule has 20 heavy (non-hydrogen) atoms. The number of likely N-dealkylation sites (N-methyl/N-ethyl adjacent to an activating group) is 2. The van der Waals surface area contributed by atoms with Crippen molar-refractivity contribution in [2.45, 2.75) is 52.0 Å². The summed E-state index contributed by atoms with van der Waals surface area (Å²) in [6.45, 7) is 5.42. The van der Waals surface area contributed by atoms with Crippen molar-refractivity contribution in [2.24, 2.45) is 11.7 Å². The minimum atomic E-state index is -0.119. The summed E-state index contributed by atoms with van der Waals surface area (Å²) < 4.78 is 0. The molecule has 0 aliphatic heterocycles. The highest BCUT2D eigenvalue weighted by atomic mass is 16.2. The van der Waals surface area contributed by atoms with Crippen LogP contribution in [0.25, 0.3) is 0 Å². The molecule has 1 aliphatic rings. The second-order valence-corrected chi connectivity index (χ2v) is 5.67. The maximum Gasteiger partial charge on any atom is 0.242 e. The first-order valence-corrected chi connectivity index (χ1v) is 7.79. The molecule has 2 unspecified atom stereocenters. The average molecular weight is 283 g/mol. The van der Waals surface area contributed by atoms with Crippen molar-refractivity contribution in [3.63, 3.8) is 0 Å². The van der Waals surface area contributed by atoms with Crippen molar-refractivity contribution in [3.8, 4) is 0 Å². The number of amides is 2. The lowest BCUT2D eigenvalue weighted by molar-refractivity contribution is -0.142. The minimum Gasteiger partial charge on any atom is -0.342 e. The first-order valence-electron chi connectivity index (χ1n) is 7.79. The summed E-state index contributed by atoms with van der Waals surface area (Å²) >= 11 is 0. The Morgan fingerprint density at radius 3 is 2.30 bits per heavy atom. The molecule has 1 fully saturated rings. The van der Waals surface area contributed by atoms with Crippen molar-refractivity contribution < 1.29 is 9.59 Å². The first-order chi connectivity index (χ1) is 9.51. The summed E-state index contributed by atoms with van der Waals surface area (Å²) in [5.74, 6) is -0.0834. The topological polar surface area (TPSA) is 66.6 Å². The molecule has 0 radical (unpaired) electrons. The largest absolute Gasteiger partial charge is 0.342 e. The zero-order valence-corrected chi connectivity index (χ0v) is 13.1. The van der Waals surface area contributed by atoms with Crippen LogP contribution < -0.4 is 5.73 Å². The Labute approximate surface area is 122 Å². The van der Waals surface area contributed by atoms with Gasteiger partial charge in [0.05, 0.1) is 12.5 Å². The monoisotopic (exact) mass is 283 g/mol. The van der Waals surface area contributed by atoms with E-state index >= 15 is 0 Å². The molecular weight excluding hydrogens is 254 g/mol. The smallest absolute Gasteiger partial charge is 0.242 e. The van der Waals surface area contributed by atoms with Crippen molar-refractivity contribution in [1.29, 1.82) is 0 Å². The van der Waals surface area contributed by atoms with E-state index in [4.69, 9.17) is 5.73 Å². The highest BCUT2D eigenvalue weighted by Gasteiger charge is 2.30. The van der Waals surface area contributed by atoms with E-state index in [2.05, 4.69) is 0 Å². The summed E-state index contributed by atoms with van der Waals surface area (Å²) in [6, 6.07) is -0.0593. The molecule has 0 aromatic carbocycles. The van der Waals surface area contributed by atoms with E-state index in [1.807, 2.05) is 13.8 Å². The number of nitrogens with zero attached hydrogens (tertiary/aromatic N) is 2. The zero-order chi connectivity index (χ0) is 15.1. The van der Waals surface area contributed by atoms with E-state index in [9.17, 15) is 9.59 Å². The fraction of sp³-hybridized carbons (Fsp3) is 0.867. The van der Waals surface area contributed by atoms with Gasteiger partial charge in [-0.25, -0.2) is 0 Å². The Morgan fingerprint density at radius 2 is 1.70 bits per heavy atom. The third-order valence-electron chi connectivity index (χ3n) is 4.25. The van der Waals surface area contributed by atoms with Crippen LogP contribution in [0.4, 0.5) is 0 Å². The molecule has 2 N–H and O–H groups in total. The summed E-state index contributed by atoms with van der Waals surface area (Å²) in [6.07, 6.45) is 5.08. The van der Waals surface area contributed by atoms with Crippen LogP contribution in [0, 0.1) is 5.92 Å². The fourth-order valence-corrected chi connectivity index (χ4v) is 2.88. The summed E-state index contributed by atoms with van der Waals surface area (Å²) in [5, 5.41) is 0. The molecule has 0 spiro atoms. The number of rotatable bonds is 5. The molecule has 5 nitrogen and oxygen atoms in total. The SMILES string of the molecule is CCN(CC)C(=O)CN(C)C(=O)C1CCCCCC1N. The molecule has 5 heteroatoms. The van der Waals surface area contributed by atoms with Crippen LogP contribution in [-0.4, -0.2) is 54.3 Å². The van der Waals surface area contributed by atoms with Crippen LogP contribution in [0.15, 0.2) is 0 Å². The van der Waals surface area contributed by atoms with E-state index in [0.717, 1.165) is 32.1 Å². The Balaban J connectivity index is 2.59. The number of carbonyl (C=O) groups excluding carboxylic acids is 2. The molecule has 1 aliphatic carbocycles. The van der Waals surface area contributed by atoms with Crippen LogP contribution in [0.3, 0.4) is 0 Å². The quantitative estimate of drug-likeness (QED) is 0.772. The predicted octanol–water partition coefficient (Wildman–Crippen LogP) is 1.22. The molecule has 2 amide bonds. The number of nitrogens with two attached hydrogens (primary N) is 1. The lowest BCUT2D eigenvalue weighted by Crippen LogP contribution is -2.46. The predicted molar refractivity (Wildman–Crippen MR) is 80.1 cm³/mol. The van der Waals surface area contributed by atoms with Crippen molar-refractivity contribution in [3.05, 3.63) is 0 Å². The van der Waals surface area contributed by atoms with Gasteiger partial charge >= 0.3 is 0 Å². The molecule has 0 aromatic heterocycles. The van der Waals surface area contributed by atoms with E-state index in [1.165, 1.54) is 0 Å². The van der Waals surface area contributed by atoms with Gasteiger partial charge in [0.2, 0.25) is 11.8 Å². The van der Waals surface area contributed by atoms with Gasteiger partial charge in [-0.15, -0.1) is 0 Å². The standard InChI is InChI=1S/C15H29N3O2/c1-4-18(5-2)14(19)11-17(3)15(20)12-9-7-6-8-10-13(12)16/h12-13H,4-11,16H2,1-3H3. The number of hydrogen-bond donors (Lipinski definition) is 1. The van der Waals surface area contributed by atoms with Gasteiger partial charge in [-0.2, -0.15) is 0 Å². The fourth-order valence-electron chi connectivity index (χ4n) is 2.88. The van der Waals surface area contributed by atoms with Crippen LogP contribution >= 0.6 is 0 Å². The highest BCUT2D eigenvalue weighted by Crippen LogP contribution is 2.23.